The zero-order valence-corrected chi connectivity index (χ0v) is 8.63. The van der Waals surface area contributed by atoms with Crippen molar-refractivity contribution in [3.8, 4) is 0 Å². The molecule has 0 rings (SSSR count). The Kier molecular flexibility index (Phi) is 8.34. The number of hydrogen-bond donors (Lipinski definition) is 0. The summed E-state index contributed by atoms with van der Waals surface area (Å²) in [6, 6.07) is 0. The highest BCUT2D eigenvalue weighted by Crippen LogP contribution is 1.95. The fourth-order valence-corrected chi connectivity index (χ4v) is 0.912. The molecule has 0 saturated carbocycles. The molecule has 0 aromatic heterocycles. The molecule has 0 heterocycles. The van der Waals surface area contributed by atoms with Crippen molar-refractivity contribution in [3.63, 3.8) is 0 Å². The molecular formula is C8H15BrO2. The average Bonchev–Trinajstić information content (AvgIpc) is 1.99. The van der Waals surface area contributed by atoms with E-state index in [9.17, 15) is 0 Å². The summed E-state index contributed by atoms with van der Waals surface area (Å²) < 4.78 is 10.5. The van der Waals surface area contributed by atoms with Gasteiger partial charge in [0.25, 0.3) is 0 Å². The van der Waals surface area contributed by atoms with Gasteiger partial charge in [0, 0.05) is 6.61 Å². The molecule has 2 nitrogen and oxygen atoms in total. The monoisotopic (exact) mass is 222 g/mol. The minimum Gasteiger partial charge on any atom is -0.353 e. The molecule has 1 unspecified atom stereocenters. The van der Waals surface area contributed by atoms with Gasteiger partial charge >= 0.3 is 0 Å². The van der Waals surface area contributed by atoms with Crippen LogP contribution in [-0.2, 0) is 9.47 Å². The first-order valence-corrected chi connectivity index (χ1v) is 4.71. The lowest BCUT2D eigenvalue weighted by atomic mass is 10.4. The highest BCUT2D eigenvalue weighted by atomic mass is 79.9. The van der Waals surface area contributed by atoms with Crippen LogP contribution < -0.4 is 0 Å². The number of rotatable bonds is 6. The fraction of sp³-hybridized carbons (Fsp3) is 0.750. The van der Waals surface area contributed by atoms with Crippen LogP contribution in [0, 0.1) is 0 Å². The van der Waals surface area contributed by atoms with Crippen LogP contribution >= 0.6 is 15.9 Å². The van der Waals surface area contributed by atoms with Gasteiger partial charge in [-0.3, -0.25) is 0 Å². The summed E-state index contributed by atoms with van der Waals surface area (Å²) >= 11 is 3.18. The molecule has 0 bridgehead atoms. The summed E-state index contributed by atoms with van der Waals surface area (Å²) in [5, 5.41) is 0. The van der Waals surface area contributed by atoms with E-state index in [2.05, 4.69) is 15.9 Å². The van der Waals surface area contributed by atoms with Crippen molar-refractivity contribution in [1.82, 2.24) is 0 Å². The molecule has 0 spiro atoms. The lowest BCUT2D eigenvalue weighted by Gasteiger charge is -2.11. The largest absolute Gasteiger partial charge is 0.353 e. The highest BCUT2D eigenvalue weighted by molar-refractivity contribution is 9.11. The van der Waals surface area contributed by atoms with E-state index < -0.39 is 0 Å². The molecule has 0 aromatic rings. The highest BCUT2D eigenvalue weighted by Gasteiger charge is 1.97. The smallest absolute Gasteiger partial charge is 0.154 e. The van der Waals surface area contributed by atoms with Gasteiger partial charge in [-0.2, -0.15) is 0 Å². The van der Waals surface area contributed by atoms with Crippen molar-refractivity contribution >= 4 is 15.9 Å². The molecule has 0 amide bonds. The molecule has 11 heavy (non-hydrogen) atoms. The van der Waals surface area contributed by atoms with Crippen LogP contribution in [0.5, 0.6) is 0 Å². The van der Waals surface area contributed by atoms with Gasteiger partial charge < -0.3 is 9.47 Å². The van der Waals surface area contributed by atoms with E-state index in [-0.39, 0.29) is 6.29 Å². The fourth-order valence-electron chi connectivity index (χ4n) is 0.648. The van der Waals surface area contributed by atoms with E-state index in [1.807, 2.05) is 24.9 Å². The predicted octanol–water partition coefficient (Wildman–Crippen LogP) is 2.68. The zero-order chi connectivity index (χ0) is 8.53. The molecule has 0 N–H and O–H groups in total. The Morgan fingerprint density at radius 2 is 2.18 bits per heavy atom. The zero-order valence-electron chi connectivity index (χ0n) is 7.05. The van der Waals surface area contributed by atoms with Crippen molar-refractivity contribution in [2.75, 3.05) is 13.2 Å². The van der Waals surface area contributed by atoms with Crippen molar-refractivity contribution in [2.24, 2.45) is 0 Å². The maximum absolute atomic E-state index is 5.29. The second kappa shape index (κ2) is 8.24. The second-order valence-corrected chi connectivity index (χ2v) is 2.57. The van der Waals surface area contributed by atoms with E-state index in [1.54, 1.807) is 0 Å². The predicted molar refractivity (Wildman–Crippen MR) is 49.7 cm³/mol. The summed E-state index contributed by atoms with van der Waals surface area (Å²) in [6.45, 7) is 5.28. The van der Waals surface area contributed by atoms with Crippen molar-refractivity contribution < 1.29 is 9.47 Å². The maximum Gasteiger partial charge on any atom is 0.154 e. The summed E-state index contributed by atoms with van der Waals surface area (Å²) in [6.07, 6.45) is 2.84. The third-order valence-electron chi connectivity index (χ3n) is 1.13. The lowest BCUT2D eigenvalue weighted by molar-refractivity contribution is -0.125. The van der Waals surface area contributed by atoms with Gasteiger partial charge in [-0.05, 0) is 25.3 Å². The third kappa shape index (κ3) is 8.04. The summed E-state index contributed by atoms with van der Waals surface area (Å²) in [7, 11) is 0. The van der Waals surface area contributed by atoms with Crippen LogP contribution in [0.1, 0.15) is 20.3 Å². The average molecular weight is 223 g/mol. The standard InChI is InChI=1S/C8H15BrO2/c1-3-10-8(2)11-7-5-4-6-9/h4,6,8H,3,5,7H2,1-2H3. The molecule has 0 fully saturated rings. The van der Waals surface area contributed by atoms with Crippen LogP contribution in [0.4, 0.5) is 0 Å². The van der Waals surface area contributed by atoms with E-state index in [0.717, 1.165) is 6.42 Å². The molecule has 0 aliphatic carbocycles. The van der Waals surface area contributed by atoms with Crippen LogP contribution in [0.3, 0.4) is 0 Å². The van der Waals surface area contributed by atoms with Gasteiger partial charge in [0.05, 0.1) is 6.61 Å². The topological polar surface area (TPSA) is 18.5 Å². The first-order valence-electron chi connectivity index (χ1n) is 3.79. The molecular weight excluding hydrogens is 208 g/mol. The molecule has 1 atom stereocenters. The molecule has 66 valence electrons. The number of hydrogen-bond acceptors (Lipinski definition) is 2. The Labute approximate surface area is 76.7 Å². The van der Waals surface area contributed by atoms with Gasteiger partial charge in [0.15, 0.2) is 6.29 Å². The molecule has 0 saturated heterocycles. The van der Waals surface area contributed by atoms with Gasteiger partial charge in [0.2, 0.25) is 0 Å². The first kappa shape index (κ1) is 11.1. The lowest BCUT2D eigenvalue weighted by Crippen LogP contribution is -2.12. The van der Waals surface area contributed by atoms with E-state index in [1.165, 1.54) is 0 Å². The van der Waals surface area contributed by atoms with E-state index in [4.69, 9.17) is 9.47 Å². The Hall–Kier alpha value is 0.140. The summed E-state index contributed by atoms with van der Waals surface area (Å²) in [4.78, 5) is 1.84. The molecule has 0 aliphatic rings. The second-order valence-electron chi connectivity index (χ2n) is 2.04. The van der Waals surface area contributed by atoms with Crippen molar-refractivity contribution in [1.29, 1.82) is 0 Å². The SMILES string of the molecule is CCOC(C)OCCC=CBr. The van der Waals surface area contributed by atoms with E-state index >= 15 is 0 Å². The van der Waals surface area contributed by atoms with Crippen LogP contribution in [-0.4, -0.2) is 19.5 Å². The Balaban J connectivity index is 3.10. The number of ether oxygens (including phenoxy) is 2. The van der Waals surface area contributed by atoms with Crippen LogP contribution in [0.2, 0.25) is 0 Å². The van der Waals surface area contributed by atoms with Crippen molar-refractivity contribution in [2.45, 2.75) is 26.6 Å². The Morgan fingerprint density at radius 1 is 1.45 bits per heavy atom. The molecule has 0 aromatic carbocycles. The summed E-state index contributed by atoms with van der Waals surface area (Å²) in [5.41, 5.74) is 0. The van der Waals surface area contributed by atoms with Gasteiger partial charge in [-0.1, -0.05) is 22.0 Å². The van der Waals surface area contributed by atoms with Crippen molar-refractivity contribution in [3.05, 3.63) is 11.1 Å². The van der Waals surface area contributed by atoms with Crippen LogP contribution in [0.15, 0.2) is 11.1 Å². The quantitative estimate of drug-likeness (QED) is 0.509. The van der Waals surface area contributed by atoms with Gasteiger partial charge in [-0.15, -0.1) is 0 Å². The third-order valence-corrected chi connectivity index (χ3v) is 1.50. The molecule has 0 radical (unpaired) electrons. The minimum atomic E-state index is -0.0799. The number of halogens is 1. The maximum atomic E-state index is 5.29. The summed E-state index contributed by atoms with van der Waals surface area (Å²) in [5.74, 6) is 0. The van der Waals surface area contributed by atoms with E-state index in [0.29, 0.717) is 13.2 Å². The first-order chi connectivity index (χ1) is 5.31. The van der Waals surface area contributed by atoms with Crippen LogP contribution in [0.25, 0.3) is 0 Å². The Morgan fingerprint density at radius 3 is 2.73 bits per heavy atom. The minimum absolute atomic E-state index is 0.0799. The molecule has 3 heteroatoms. The molecule has 0 aliphatic heterocycles. The normalized spacial score (nSPS) is 14.1. The Bertz CT molecular complexity index is 104. The van der Waals surface area contributed by atoms with Gasteiger partial charge in [0.1, 0.15) is 0 Å². The van der Waals surface area contributed by atoms with Gasteiger partial charge in [-0.25, -0.2) is 0 Å².